The molecule has 212 valence electrons. The standard InChI is InChI=1S/C31H36ClN3O4S/c1-22(24-9-4-3-5-10-24)8-6-13-27(36)18-23-14-16-35(17-15-23)30-29(20-28(21-33-30)40(2,38)39)34-31(37)25-11-7-12-26(32)19-25/h3-5,7,9-12,19-23H,6,8,13-18H2,1-2H3,(H,34,37). The Labute approximate surface area is 241 Å². The minimum atomic E-state index is -3.52. The van der Waals surface area contributed by atoms with Gasteiger partial charge >= 0.3 is 0 Å². The van der Waals surface area contributed by atoms with Gasteiger partial charge in [-0.05, 0) is 67.3 Å². The number of Topliss-reactive ketones (excluding diaryl/α,β-unsaturated/α-hetero) is 1. The highest BCUT2D eigenvalue weighted by Crippen LogP contribution is 2.32. The summed E-state index contributed by atoms with van der Waals surface area (Å²) in [7, 11) is -3.52. The van der Waals surface area contributed by atoms with E-state index in [1.807, 2.05) is 11.0 Å². The summed E-state index contributed by atoms with van der Waals surface area (Å²) in [6.07, 6.45) is 7.14. The number of amides is 1. The molecule has 0 saturated carbocycles. The summed E-state index contributed by atoms with van der Waals surface area (Å²) in [6, 6.07) is 18.4. The van der Waals surface area contributed by atoms with Crippen molar-refractivity contribution >= 4 is 44.6 Å². The molecule has 0 bridgehead atoms. The molecule has 2 aromatic carbocycles. The smallest absolute Gasteiger partial charge is 0.255 e. The SMILES string of the molecule is CC(CCCC(=O)CC1CCN(c2ncc(S(C)(=O)=O)cc2NC(=O)c2cccc(Cl)c2)CC1)c1ccccc1. The lowest BCUT2D eigenvalue weighted by Gasteiger charge is -2.33. The molecule has 1 fully saturated rings. The summed E-state index contributed by atoms with van der Waals surface area (Å²) >= 11 is 6.04. The maximum atomic E-state index is 12.9. The minimum Gasteiger partial charge on any atom is -0.355 e. The zero-order valence-corrected chi connectivity index (χ0v) is 24.5. The molecule has 1 atom stereocenters. The molecule has 0 spiro atoms. The molecule has 1 N–H and O–H groups in total. The second kappa shape index (κ2) is 13.4. The van der Waals surface area contributed by atoms with E-state index in [2.05, 4.69) is 41.5 Å². The van der Waals surface area contributed by atoms with Gasteiger partial charge in [-0.25, -0.2) is 13.4 Å². The molecular formula is C31H36ClN3O4S. The quantitative estimate of drug-likeness (QED) is 0.276. The molecule has 1 aromatic heterocycles. The number of halogens is 1. The van der Waals surface area contributed by atoms with Crippen LogP contribution in [-0.4, -0.2) is 44.4 Å². The monoisotopic (exact) mass is 581 g/mol. The zero-order valence-electron chi connectivity index (χ0n) is 23.0. The average Bonchev–Trinajstić information content (AvgIpc) is 2.93. The normalized spacial score (nSPS) is 15.0. The van der Waals surface area contributed by atoms with Crippen LogP contribution in [0, 0.1) is 5.92 Å². The molecule has 9 heteroatoms. The fraction of sp³-hybridized carbons (Fsp3) is 0.387. The number of rotatable bonds is 11. The molecule has 40 heavy (non-hydrogen) atoms. The molecule has 0 aliphatic carbocycles. The summed E-state index contributed by atoms with van der Waals surface area (Å²) in [5.74, 6) is 1.16. The number of hydrogen-bond donors (Lipinski definition) is 1. The Morgan fingerprint density at radius 3 is 2.48 bits per heavy atom. The molecule has 7 nitrogen and oxygen atoms in total. The Morgan fingerprint density at radius 2 is 1.80 bits per heavy atom. The van der Waals surface area contributed by atoms with Crippen molar-refractivity contribution in [1.29, 1.82) is 0 Å². The van der Waals surface area contributed by atoms with E-state index in [1.165, 1.54) is 17.8 Å². The summed E-state index contributed by atoms with van der Waals surface area (Å²) in [5.41, 5.74) is 2.00. The zero-order chi connectivity index (χ0) is 28.7. The highest BCUT2D eigenvalue weighted by Gasteiger charge is 2.25. The van der Waals surface area contributed by atoms with Crippen molar-refractivity contribution in [2.75, 3.05) is 29.6 Å². The van der Waals surface area contributed by atoms with Gasteiger partial charge in [0.25, 0.3) is 5.91 Å². The van der Waals surface area contributed by atoms with Gasteiger partial charge in [0.2, 0.25) is 0 Å². The van der Waals surface area contributed by atoms with Crippen molar-refractivity contribution in [3.8, 4) is 0 Å². The van der Waals surface area contributed by atoms with Gasteiger partial charge in [-0.2, -0.15) is 0 Å². The molecule has 1 amide bonds. The van der Waals surface area contributed by atoms with E-state index in [0.717, 1.165) is 31.9 Å². The minimum absolute atomic E-state index is 0.0275. The van der Waals surface area contributed by atoms with Crippen LogP contribution in [0.25, 0.3) is 0 Å². The van der Waals surface area contributed by atoms with Crippen LogP contribution >= 0.6 is 11.6 Å². The van der Waals surface area contributed by atoms with Crippen LogP contribution in [0.1, 0.15) is 67.3 Å². The lowest BCUT2D eigenvalue weighted by molar-refractivity contribution is -0.120. The number of carbonyl (C=O) groups excluding carboxylic acids is 2. The fourth-order valence-corrected chi connectivity index (χ4v) is 5.90. The summed E-state index contributed by atoms with van der Waals surface area (Å²) in [6.45, 7) is 3.53. The molecule has 3 aromatic rings. The van der Waals surface area contributed by atoms with Gasteiger partial charge < -0.3 is 10.2 Å². The first-order valence-electron chi connectivity index (χ1n) is 13.7. The molecule has 1 aliphatic rings. The predicted octanol–water partition coefficient (Wildman–Crippen LogP) is 6.54. The van der Waals surface area contributed by atoms with E-state index in [4.69, 9.17) is 11.6 Å². The van der Waals surface area contributed by atoms with Crippen LogP contribution in [0.5, 0.6) is 0 Å². The average molecular weight is 582 g/mol. The number of aromatic nitrogens is 1. The maximum absolute atomic E-state index is 12.9. The molecule has 1 unspecified atom stereocenters. The Kier molecular flexibility index (Phi) is 9.98. The number of sulfone groups is 1. The van der Waals surface area contributed by atoms with Crippen molar-refractivity contribution < 1.29 is 18.0 Å². The molecule has 1 aliphatic heterocycles. The van der Waals surface area contributed by atoms with E-state index in [0.29, 0.717) is 65.6 Å². The summed E-state index contributed by atoms with van der Waals surface area (Å²) in [5, 5.41) is 3.26. The van der Waals surface area contributed by atoms with Crippen molar-refractivity contribution in [3.63, 3.8) is 0 Å². The topological polar surface area (TPSA) is 96.4 Å². The van der Waals surface area contributed by atoms with E-state index in [1.54, 1.807) is 24.3 Å². The Hall–Kier alpha value is -3.23. The van der Waals surface area contributed by atoms with Crippen molar-refractivity contribution in [1.82, 2.24) is 4.98 Å². The molecule has 4 rings (SSSR count). The molecule has 0 radical (unpaired) electrons. The Morgan fingerprint density at radius 1 is 1.07 bits per heavy atom. The van der Waals surface area contributed by atoms with E-state index in [-0.39, 0.29) is 4.90 Å². The van der Waals surface area contributed by atoms with Crippen LogP contribution in [-0.2, 0) is 14.6 Å². The third kappa shape index (κ3) is 8.15. The number of anilines is 2. The summed E-state index contributed by atoms with van der Waals surface area (Å²) in [4.78, 5) is 32.2. The lowest BCUT2D eigenvalue weighted by atomic mass is 9.89. The van der Waals surface area contributed by atoms with Crippen LogP contribution < -0.4 is 10.2 Å². The van der Waals surface area contributed by atoms with Gasteiger partial charge in [0.05, 0.1) is 10.6 Å². The van der Waals surface area contributed by atoms with E-state index in [9.17, 15) is 18.0 Å². The van der Waals surface area contributed by atoms with Crippen LogP contribution in [0.3, 0.4) is 0 Å². The number of nitrogens with one attached hydrogen (secondary N) is 1. The first kappa shape index (κ1) is 29.7. The van der Waals surface area contributed by atoms with Crippen LogP contribution in [0.2, 0.25) is 5.02 Å². The number of benzene rings is 2. The Balaban J connectivity index is 1.35. The first-order chi connectivity index (χ1) is 19.1. The van der Waals surface area contributed by atoms with Gasteiger partial charge in [-0.15, -0.1) is 0 Å². The Bertz CT molecular complexity index is 1440. The van der Waals surface area contributed by atoms with Crippen LogP contribution in [0.15, 0.2) is 71.8 Å². The predicted molar refractivity (Wildman–Crippen MR) is 160 cm³/mol. The lowest BCUT2D eigenvalue weighted by Crippen LogP contribution is -2.35. The van der Waals surface area contributed by atoms with E-state index >= 15 is 0 Å². The summed E-state index contributed by atoms with van der Waals surface area (Å²) < 4.78 is 24.4. The van der Waals surface area contributed by atoms with Gasteiger partial charge in [-0.3, -0.25) is 9.59 Å². The number of ketones is 1. The fourth-order valence-electron chi connectivity index (χ4n) is 5.14. The second-order valence-electron chi connectivity index (χ2n) is 10.7. The second-order valence-corrected chi connectivity index (χ2v) is 13.1. The van der Waals surface area contributed by atoms with Gasteiger partial charge in [0.15, 0.2) is 15.7 Å². The first-order valence-corrected chi connectivity index (χ1v) is 16.0. The highest BCUT2D eigenvalue weighted by molar-refractivity contribution is 7.90. The molecule has 2 heterocycles. The van der Waals surface area contributed by atoms with Gasteiger partial charge in [0.1, 0.15) is 5.78 Å². The number of pyridine rings is 1. The largest absolute Gasteiger partial charge is 0.355 e. The number of hydrogen-bond acceptors (Lipinski definition) is 6. The van der Waals surface area contributed by atoms with Gasteiger partial charge in [0, 0.05) is 49.0 Å². The van der Waals surface area contributed by atoms with Crippen molar-refractivity contribution in [2.45, 2.75) is 56.3 Å². The van der Waals surface area contributed by atoms with Crippen LogP contribution in [0.4, 0.5) is 11.5 Å². The van der Waals surface area contributed by atoms with Gasteiger partial charge in [-0.1, -0.05) is 54.9 Å². The number of piperidine rings is 1. The highest BCUT2D eigenvalue weighted by atomic mass is 35.5. The number of nitrogens with zero attached hydrogens (tertiary/aromatic N) is 2. The van der Waals surface area contributed by atoms with Crippen molar-refractivity contribution in [3.05, 3.63) is 83.0 Å². The third-order valence-electron chi connectivity index (χ3n) is 7.50. The maximum Gasteiger partial charge on any atom is 0.255 e. The van der Waals surface area contributed by atoms with E-state index < -0.39 is 15.7 Å². The molecular weight excluding hydrogens is 546 g/mol. The van der Waals surface area contributed by atoms with Crippen molar-refractivity contribution in [2.24, 2.45) is 5.92 Å². The molecule has 1 saturated heterocycles. The number of carbonyl (C=O) groups is 2. The third-order valence-corrected chi connectivity index (χ3v) is 8.81.